The summed E-state index contributed by atoms with van der Waals surface area (Å²) in [6, 6.07) is 11.2. The molecule has 6 heteroatoms. The van der Waals surface area contributed by atoms with Crippen LogP contribution in [0, 0.1) is 0 Å². The molecule has 2 rings (SSSR count). The Hall–Kier alpha value is -2.05. The van der Waals surface area contributed by atoms with E-state index in [0.717, 1.165) is 11.1 Å². The van der Waals surface area contributed by atoms with E-state index in [0.29, 0.717) is 11.5 Å². The molecule has 2 aromatic rings. The van der Waals surface area contributed by atoms with Gasteiger partial charge >= 0.3 is 0 Å². The molecule has 20 heavy (non-hydrogen) atoms. The van der Waals surface area contributed by atoms with Gasteiger partial charge in [-0.15, -0.1) is 0 Å². The lowest BCUT2D eigenvalue weighted by atomic mass is 10.0. The molecule has 2 aromatic carbocycles. The Balaban J connectivity index is 2.50. The van der Waals surface area contributed by atoms with E-state index in [9.17, 15) is 8.42 Å². The van der Waals surface area contributed by atoms with E-state index in [2.05, 4.69) is 0 Å². The van der Waals surface area contributed by atoms with E-state index in [1.165, 1.54) is 12.1 Å². The number of benzene rings is 2. The highest BCUT2D eigenvalue weighted by molar-refractivity contribution is 7.85. The van der Waals surface area contributed by atoms with Crippen molar-refractivity contribution >= 4 is 10.1 Å². The first-order valence-corrected chi connectivity index (χ1v) is 7.19. The molecule has 0 aromatic heterocycles. The fourth-order valence-electron chi connectivity index (χ4n) is 1.85. The molecule has 0 radical (unpaired) electrons. The molecular formula is C14H14O5S. The first-order valence-electron chi connectivity index (χ1n) is 5.75. The summed E-state index contributed by atoms with van der Waals surface area (Å²) in [7, 11) is -1.07. The van der Waals surface area contributed by atoms with Gasteiger partial charge in [-0.1, -0.05) is 12.1 Å². The third-order valence-corrected chi connectivity index (χ3v) is 3.74. The van der Waals surface area contributed by atoms with Crippen LogP contribution < -0.4 is 9.47 Å². The molecule has 0 saturated carbocycles. The van der Waals surface area contributed by atoms with Crippen molar-refractivity contribution in [1.29, 1.82) is 0 Å². The number of hydrogen-bond acceptors (Lipinski definition) is 4. The Morgan fingerprint density at radius 3 is 2.10 bits per heavy atom. The van der Waals surface area contributed by atoms with Crippen molar-refractivity contribution in [1.82, 2.24) is 0 Å². The third kappa shape index (κ3) is 2.92. The number of rotatable bonds is 4. The summed E-state index contributed by atoms with van der Waals surface area (Å²) in [5.74, 6) is 1.31. The topological polar surface area (TPSA) is 72.8 Å². The first kappa shape index (κ1) is 14.4. The Morgan fingerprint density at radius 1 is 0.950 bits per heavy atom. The van der Waals surface area contributed by atoms with Crippen LogP contribution in [0.15, 0.2) is 47.4 Å². The first-order chi connectivity index (χ1) is 9.45. The van der Waals surface area contributed by atoms with Crippen LogP contribution in [0.4, 0.5) is 0 Å². The van der Waals surface area contributed by atoms with Gasteiger partial charge in [0.1, 0.15) is 11.5 Å². The lowest BCUT2D eigenvalue weighted by Gasteiger charge is -2.11. The molecule has 0 aliphatic carbocycles. The van der Waals surface area contributed by atoms with E-state index in [4.69, 9.17) is 14.0 Å². The van der Waals surface area contributed by atoms with Crippen LogP contribution in [0.3, 0.4) is 0 Å². The van der Waals surface area contributed by atoms with Crippen molar-refractivity contribution in [3.63, 3.8) is 0 Å². The highest BCUT2D eigenvalue weighted by Gasteiger charge is 2.11. The maximum absolute atomic E-state index is 11.0. The summed E-state index contributed by atoms with van der Waals surface area (Å²) in [6.07, 6.45) is 0. The molecule has 0 atom stereocenters. The summed E-state index contributed by atoms with van der Waals surface area (Å²) in [6.45, 7) is 0. The molecule has 0 spiro atoms. The van der Waals surface area contributed by atoms with Crippen LogP contribution in [-0.4, -0.2) is 27.2 Å². The Morgan fingerprint density at radius 2 is 1.60 bits per heavy atom. The third-order valence-electron chi connectivity index (χ3n) is 2.87. The summed E-state index contributed by atoms with van der Waals surface area (Å²) in [5.41, 5.74) is 1.53. The predicted octanol–water partition coefficient (Wildman–Crippen LogP) is 2.62. The van der Waals surface area contributed by atoms with Gasteiger partial charge in [0.15, 0.2) is 0 Å². The molecule has 0 unspecified atom stereocenters. The Labute approximate surface area is 117 Å². The molecule has 0 bridgehead atoms. The predicted molar refractivity (Wildman–Crippen MR) is 74.8 cm³/mol. The van der Waals surface area contributed by atoms with Crippen molar-refractivity contribution in [2.24, 2.45) is 0 Å². The molecule has 0 aliphatic rings. The summed E-state index contributed by atoms with van der Waals surface area (Å²) >= 11 is 0. The average Bonchev–Trinajstić information content (AvgIpc) is 2.45. The smallest absolute Gasteiger partial charge is 0.294 e. The monoisotopic (exact) mass is 294 g/mol. The van der Waals surface area contributed by atoms with Crippen molar-refractivity contribution in [2.75, 3.05) is 14.2 Å². The molecule has 0 heterocycles. The summed E-state index contributed by atoms with van der Waals surface area (Å²) < 4.78 is 41.4. The minimum absolute atomic E-state index is 0.150. The van der Waals surface area contributed by atoms with Gasteiger partial charge in [-0.3, -0.25) is 4.55 Å². The van der Waals surface area contributed by atoms with E-state index in [1.807, 2.05) is 0 Å². The standard InChI is InChI=1S/C14H14O5S/c1-18-11-5-8-14(19-2)13(9-11)10-3-6-12(7-4-10)20(15,16)17/h3-9H,1-2H3,(H,15,16,17). The van der Waals surface area contributed by atoms with E-state index >= 15 is 0 Å². The number of methoxy groups -OCH3 is 2. The van der Waals surface area contributed by atoms with Crippen molar-refractivity contribution in [2.45, 2.75) is 4.90 Å². The molecule has 0 amide bonds. The summed E-state index contributed by atoms with van der Waals surface area (Å²) in [4.78, 5) is -0.150. The van der Waals surface area contributed by atoms with E-state index in [-0.39, 0.29) is 4.90 Å². The van der Waals surface area contributed by atoms with E-state index in [1.54, 1.807) is 44.6 Å². The van der Waals surface area contributed by atoms with Gasteiger partial charge in [-0.2, -0.15) is 8.42 Å². The highest BCUT2D eigenvalue weighted by atomic mass is 32.2. The molecule has 106 valence electrons. The van der Waals surface area contributed by atoms with Crippen LogP contribution in [0.5, 0.6) is 11.5 Å². The lowest BCUT2D eigenvalue weighted by Crippen LogP contribution is -1.97. The second kappa shape index (κ2) is 5.52. The zero-order valence-electron chi connectivity index (χ0n) is 11.0. The minimum Gasteiger partial charge on any atom is -0.497 e. The van der Waals surface area contributed by atoms with Gasteiger partial charge in [0, 0.05) is 5.56 Å². The number of hydrogen-bond donors (Lipinski definition) is 1. The number of ether oxygens (including phenoxy) is 2. The highest BCUT2D eigenvalue weighted by Crippen LogP contribution is 2.33. The second-order valence-electron chi connectivity index (χ2n) is 4.07. The normalized spacial score (nSPS) is 11.2. The van der Waals surface area contributed by atoms with Gasteiger partial charge < -0.3 is 9.47 Å². The minimum atomic E-state index is -4.19. The van der Waals surface area contributed by atoms with Gasteiger partial charge in [-0.25, -0.2) is 0 Å². The van der Waals surface area contributed by atoms with Crippen LogP contribution in [-0.2, 0) is 10.1 Å². The SMILES string of the molecule is COc1ccc(OC)c(-c2ccc(S(=O)(=O)O)cc2)c1. The molecule has 0 saturated heterocycles. The Kier molecular flexibility index (Phi) is 3.96. The van der Waals surface area contributed by atoms with Crippen molar-refractivity contribution in [3.8, 4) is 22.6 Å². The Bertz CT molecular complexity index is 705. The van der Waals surface area contributed by atoms with Crippen LogP contribution in [0.2, 0.25) is 0 Å². The zero-order chi connectivity index (χ0) is 14.8. The van der Waals surface area contributed by atoms with Crippen LogP contribution in [0.25, 0.3) is 11.1 Å². The van der Waals surface area contributed by atoms with Crippen LogP contribution >= 0.6 is 0 Å². The van der Waals surface area contributed by atoms with Crippen LogP contribution in [0.1, 0.15) is 0 Å². The molecule has 0 fully saturated rings. The van der Waals surface area contributed by atoms with Gasteiger partial charge in [-0.05, 0) is 35.9 Å². The zero-order valence-corrected chi connectivity index (χ0v) is 11.8. The van der Waals surface area contributed by atoms with Crippen molar-refractivity contribution in [3.05, 3.63) is 42.5 Å². The molecular weight excluding hydrogens is 280 g/mol. The largest absolute Gasteiger partial charge is 0.497 e. The molecule has 1 N–H and O–H groups in total. The van der Waals surface area contributed by atoms with Gasteiger partial charge in [0.05, 0.1) is 19.1 Å². The molecule has 5 nitrogen and oxygen atoms in total. The van der Waals surface area contributed by atoms with Gasteiger partial charge in [0.25, 0.3) is 10.1 Å². The molecule has 0 aliphatic heterocycles. The summed E-state index contributed by atoms with van der Waals surface area (Å²) in [5, 5.41) is 0. The fraction of sp³-hybridized carbons (Fsp3) is 0.143. The fourth-order valence-corrected chi connectivity index (χ4v) is 2.33. The lowest BCUT2D eigenvalue weighted by molar-refractivity contribution is 0.404. The average molecular weight is 294 g/mol. The maximum Gasteiger partial charge on any atom is 0.294 e. The second-order valence-corrected chi connectivity index (χ2v) is 5.49. The van der Waals surface area contributed by atoms with Crippen molar-refractivity contribution < 1.29 is 22.4 Å². The van der Waals surface area contributed by atoms with Gasteiger partial charge in [0.2, 0.25) is 0 Å². The maximum atomic E-state index is 11.0. The quantitative estimate of drug-likeness (QED) is 0.877. The van der Waals surface area contributed by atoms with E-state index < -0.39 is 10.1 Å².